The van der Waals surface area contributed by atoms with Crippen LogP contribution < -0.4 is 20.9 Å². The summed E-state index contributed by atoms with van der Waals surface area (Å²) in [5.41, 5.74) is 9.43. The van der Waals surface area contributed by atoms with Gasteiger partial charge in [-0.15, -0.1) is 0 Å². The number of rotatable bonds is 4. The lowest BCUT2D eigenvalue weighted by atomic mass is 10.1. The van der Waals surface area contributed by atoms with Gasteiger partial charge in [-0.2, -0.15) is 0 Å². The number of carbonyl (C=O) groups is 1. The van der Waals surface area contributed by atoms with E-state index in [4.69, 9.17) is 17.0 Å². The molecule has 0 spiro atoms. The average molecular weight is 343 g/mol. The molecule has 126 valence electrons. The van der Waals surface area contributed by atoms with Gasteiger partial charge in [-0.3, -0.25) is 15.6 Å². The van der Waals surface area contributed by atoms with Crippen LogP contribution in [0.3, 0.4) is 0 Å². The number of nitrogens with one attached hydrogen (secondary N) is 3. The van der Waals surface area contributed by atoms with Crippen LogP contribution in [0.4, 0.5) is 5.69 Å². The molecule has 0 fully saturated rings. The molecule has 0 saturated carbocycles. The van der Waals surface area contributed by atoms with E-state index in [9.17, 15) is 4.79 Å². The Bertz CT molecular complexity index is 709. The van der Waals surface area contributed by atoms with Crippen LogP contribution in [0.5, 0.6) is 5.75 Å². The van der Waals surface area contributed by atoms with Crippen LogP contribution >= 0.6 is 12.2 Å². The van der Waals surface area contributed by atoms with Crippen molar-refractivity contribution in [3.05, 3.63) is 59.2 Å². The molecule has 0 radical (unpaired) electrons. The van der Waals surface area contributed by atoms with Crippen LogP contribution in [0.25, 0.3) is 0 Å². The van der Waals surface area contributed by atoms with E-state index in [1.807, 2.05) is 57.2 Å². The van der Waals surface area contributed by atoms with Crippen molar-refractivity contribution in [2.75, 3.05) is 11.9 Å². The zero-order chi connectivity index (χ0) is 17.5. The fourth-order valence-electron chi connectivity index (χ4n) is 2.16. The number of anilines is 1. The molecule has 3 N–H and O–H groups in total. The highest BCUT2D eigenvalue weighted by Gasteiger charge is 2.04. The maximum absolute atomic E-state index is 11.8. The smallest absolute Gasteiger partial charge is 0.276 e. The van der Waals surface area contributed by atoms with E-state index >= 15 is 0 Å². The molecule has 0 atom stereocenters. The van der Waals surface area contributed by atoms with Crippen molar-refractivity contribution in [3.63, 3.8) is 0 Å². The number of benzene rings is 2. The molecule has 2 aromatic carbocycles. The van der Waals surface area contributed by atoms with Crippen LogP contribution in [0.1, 0.15) is 16.7 Å². The van der Waals surface area contributed by atoms with Crippen LogP contribution in [0, 0.1) is 20.8 Å². The predicted molar refractivity (Wildman–Crippen MR) is 100 cm³/mol. The van der Waals surface area contributed by atoms with E-state index < -0.39 is 0 Å². The minimum absolute atomic E-state index is 0.0950. The fourth-order valence-corrected chi connectivity index (χ4v) is 2.32. The Morgan fingerprint density at radius 1 is 0.958 bits per heavy atom. The molecule has 0 bridgehead atoms. The summed E-state index contributed by atoms with van der Waals surface area (Å²) in [5.74, 6) is 0.326. The first-order valence-electron chi connectivity index (χ1n) is 7.56. The molecule has 2 rings (SSSR count). The monoisotopic (exact) mass is 343 g/mol. The minimum atomic E-state index is -0.319. The van der Waals surface area contributed by atoms with Gasteiger partial charge < -0.3 is 10.1 Å². The maximum Gasteiger partial charge on any atom is 0.276 e. The number of hydrogen-bond acceptors (Lipinski definition) is 3. The normalized spacial score (nSPS) is 9.96. The van der Waals surface area contributed by atoms with Crippen LogP contribution in [-0.2, 0) is 4.79 Å². The first kappa shape index (κ1) is 17.7. The quantitative estimate of drug-likeness (QED) is 0.588. The van der Waals surface area contributed by atoms with Gasteiger partial charge in [0.2, 0.25) is 0 Å². The Balaban J connectivity index is 1.74. The number of thiocarbonyl (C=S) groups is 1. The first-order valence-corrected chi connectivity index (χ1v) is 7.97. The predicted octanol–water partition coefficient (Wildman–Crippen LogP) is 3.01. The molecule has 5 nitrogen and oxygen atoms in total. The van der Waals surface area contributed by atoms with E-state index in [1.54, 1.807) is 0 Å². The van der Waals surface area contributed by atoms with E-state index in [2.05, 4.69) is 22.2 Å². The molecular weight excluding hydrogens is 322 g/mol. The zero-order valence-corrected chi connectivity index (χ0v) is 14.8. The van der Waals surface area contributed by atoms with Crippen molar-refractivity contribution >= 4 is 28.9 Å². The topological polar surface area (TPSA) is 62.4 Å². The van der Waals surface area contributed by atoms with Gasteiger partial charge in [0.15, 0.2) is 11.7 Å². The molecule has 6 heteroatoms. The summed E-state index contributed by atoms with van der Waals surface area (Å²) in [4.78, 5) is 11.8. The summed E-state index contributed by atoms with van der Waals surface area (Å²) in [6, 6.07) is 13.5. The van der Waals surface area contributed by atoms with E-state index in [0.717, 1.165) is 22.4 Å². The van der Waals surface area contributed by atoms with Crippen molar-refractivity contribution < 1.29 is 9.53 Å². The van der Waals surface area contributed by atoms with Crippen molar-refractivity contribution in [3.8, 4) is 5.75 Å². The number of hydrogen-bond donors (Lipinski definition) is 3. The second-order valence-electron chi connectivity index (χ2n) is 5.61. The van der Waals surface area contributed by atoms with Crippen molar-refractivity contribution in [2.24, 2.45) is 0 Å². The Morgan fingerprint density at radius 3 is 2.21 bits per heavy atom. The van der Waals surface area contributed by atoms with Gasteiger partial charge in [0.25, 0.3) is 5.91 Å². The number of aryl methyl sites for hydroxylation is 3. The molecule has 0 aliphatic heterocycles. The van der Waals surface area contributed by atoms with Crippen LogP contribution in [0.15, 0.2) is 42.5 Å². The van der Waals surface area contributed by atoms with Gasteiger partial charge in [-0.25, -0.2) is 0 Å². The summed E-state index contributed by atoms with van der Waals surface area (Å²) in [7, 11) is 0. The molecule has 2 aromatic rings. The first-order chi connectivity index (χ1) is 11.4. The Hall–Kier alpha value is -2.60. The summed E-state index contributed by atoms with van der Waals surface area (Å²) in [6.07, 6.45) is 0. The van der Waals surface area contributed by atoms with Crippen molar-refractivity contribution in [2.45, 2.75) is 20.8 Å². The third-order valence-electron chi connectivity index (χ3n) is 3.19. The molecule has 0 heterocycles. The highest BCUT2D eigenvalue weighted by molar-refractivity contribution is 7.80. The molecule has 1 amide bonds. The number of ether oxygens (including phenoxy) is 1. The number of amides is 1. The Kier molecular flexibility index (Phi) is 6.14. The highest BCUT2D eigenvalue weighted by Crippen LogP contribution is 2.13. The molecule has 0 aliphatic rings. The fraction of sp³-hybridized carbons (Fsp3) is 0.222. The van der Waals surface area contributed by atoms with Gasteiger partial charge in [0, 0.05) is 5.69 Å². The number of carbonyl (C=O) groups excluding carboxylic acids is 1. The van der Waals surface area contributed by atoms with Gasteiger partial charge in [0.05, 0.1) is 0 Å². The van der Waals surface area contributed by atoms with E-state index in [0.29, 0.717) is 10.9 Å². The molecular formula is C18H21N3O2S. The average Bonchev–Trinajstić information content (AvgIpc) is 2.51. The van der Waals surface area contributed by atoms with Crippen molar-refractivity contribution in [1.82, 2.24) is 10.9 Å². The molecule has 24 heavy (non-hydrogen) atoms. The van der Waals surface area contributed by atoms with Gasteiger partial charge >= 0.3 is 0 Å². The van der Waals surface area contributed by atoms with E-state index in [-0.39, 0.29) is 12.5 Å². The third-order valence-corrected chi connectivity index (χ3v) is 3.39. The summed E-state index contributed by atoms with van der Waals surface area (Å²) in [5, 5.41) is 3.33. The molecule has 0 aromatic heterocycles. The summed E-state index contributed by atoms with van der Waals surface area (Å²) in [6.45, 7) is 5.92. The van der Waals surface area contributed by atoms with Crippen LogP contribution in [0.2, 0.25) is 0 Å². The third kappa shape index (κ3) is 5.89. The van der Waals surface area contributed by atoms with Crippen molar-refractivity contribution in [1.29, 1.82) is 0 Å². The van der Waals surface area contributed by atoms with E-state index in [1.165, 1.54) is 0 Å². The van der Waals surface area contributed by atoms with Gasteiger partial charge in [-0.05, 0) is 68.4 Å². The maximum atomic E-state index is 11.8. The molecule has 0 aliphatic carbocycles. The van der Waals surface area contributed by atoms with Crippen LogP contribution in [-0.4, -0.2) is 17.6 Å². The minimum Gasteiger partial charge on any atom is -0.484 e. The zero-order valence-electron chi connectivity index (χ0n) is 14.0. The number of hydrazine groups is 1. The van der Waals surface area contributed by atoms with Gasteiger partial charge in [-0.1, -0.05) is 23.8 Å². The summed E-state index contributed by atoms with van der Waals surface area (Å²) < 4.78 is 5.39. The lowest BCUT2D eigenvalue weighted by Gasteiger charge is -2.13. The Morgan fingerprint density at radius 2 is 1.58 bits per heavy atom. The standard InChI is InChI=1S/C18H21N3O2S/c1-12-4-6-16(7-5-12)23-11-17(22)20-21-18(24)19-15-9-13(2)8-14(3)10-15/h4-10H,11H2,1-3H3,(H,20,22)(H2,19,21,24). The lowest BCUT2D eigenvalue weighted by molar-refractivity contribution is -0.123. The molecule has 0 unspecified atom stereocenters. The van der Waals surface area contributed by atoms with Gasteiger partial charge in [0.1, 0.15) is 5.75 Å². The molecule has 0 saturated heterocycles. The lowest BCUT2D eigenvalue weighted by Crippen LogP contribution is -2.45. The SMILES string of the molecule is Cc1ccc(OCC(=O)NNC(=S)Nc2cc(C)cc(C)c2)cc1. The largest absolute Gasteiger partial charge is 0.484 e. The summed E-state index contributed by atoms with van der Waals surface area (Å²) >= 11 is 5.16. The second kappa shape index (κ2) is 8.31. The Labute approximate surface area is 147 Å². The highest BCUT2D eigenvalue weighted by atomic mass is 32.1. The second-order valence-corrected chi connectivity index (χ2v) is 6.01.